The van der Waals surface area contributed by atoms with E-state index in [4.69, 9.17) is 33.3 Å². The number of nitrogens with zero attached hydrogens (tertiary/aromatic N) is 1. The monoisotopic (exact) mass is 603 g/mol. The van der Waals surface area contributed by atoms with Crippen molar-refractivity contribution in [3.63, 3.8) is 0 Å². The molecule has 1 aliphatic rings. The first-order valence-electron chi connectivity index (χ1n) is 10.6. The highest BCUT2D eigenvalue weighted by atomic mass is 79.9. The van der Waals surface area contributed by atoms with Crippen LogP contribution in [0.25, 0.3) is 6.08 Å². The van der Waals surface area contributed by atoms with Crippen molar-refractivity contribution in [2.75, 3.05) is 7.11 Å². The molecule has 184 valence electrons. The summed E-state index contributed by atoms with van der Waals surface area (Å²) in [7, 11) is 1.52. The molecule has 3 aromatic rings. The normalized spacial score (nSPS) is 15.3. The molecule has 3 aromatic carbocycles. The molecular formula is C26H19BrClNO5S2. The summed E-state index contributed by atoms with van der Waals surface area (Å²) in [5.74, 6) is -0.707. The summed E-state index contributed by atoms with van der Waals surface area (Å²) in [6.45, 7) is 0.239. The number of halogens is 2. The number of amides is 1. The van der Waals surface area contributed by atoms with Crippen molar-refractivity contribution in [2.24, 2.45) is 0 Å². The predicted octanol–water partition coefficient (Wildman–Crippen LogP) is 6.72. The van der Waals surface area contributed by atoms with Gasteiger partial charge in [0.1, 0.15) is 10.9 Å². The zero-order valence-corrected chi connectivity index (χ0v) is 22.8. The lowest BCUT2D eigenvalue weighted by Crippen LogP contribution is -2.37. The van der Waals surface area contributed by atoms with Crippen LogP contribution in [0.2, 0.25) is 5.02 Å². The third-order valence-electron chi connectivity index (χ3n) is 5.31. The Balaban J connectivity index is 1.61. The zero-order valence-electron chi connectivity index (χ0n) is 18.8. The summed E-state index contributed by atoms with van der Waals surface area (Å²) >= 11 is 16.2. The fourth-order valence-corrected chi connectivity index (χ4v) is 5.70. The molecule has 1 aliphatic heterocycles. The molecule has 10 heteroatoms. The summed E-state index contributed by atoms with van der Waals surface area (Å²) in [5.41, 5.74) is 1.94. The topological polar surface area (TPSA) is 76.1 Å². The van der Waals surface area contributed by atoms with E-state index in [1.165, 1.54) is 7.11 Å². The molecule has 1 saturated heterocycles. The number of ether oxygens (including phenoxy) is 2. The van der Waals surface area contributed by atoms with E-state index in [0.717, 1.165) is 22.2 Å². The first-order chi connectivity index (χ1) is 17.3. The van der Waals surface area contributed by atoms with Crippen LogP contribution in [0, 0.1) is 0 Å². The van der Waals surface area contributed by atoms with Crippen molar-refractivity contribution in [3.05, 3.63) is 97.8 Å². The van der Waals surface area contributed by atoms with E-state index < -0.39 is 17.9 Å². The van der Waals surface area contributed by atoms with Crippen molar-refractivity contribution in [1.29, 1.82) is 0 Å². The highest BCUT2D eigenvalue weighted by Gasteiger charge is 2.41. The molecule has 0 radical (unpaired) electrons. The Morgan fingerprint density at radius 1 is 1.19 bits per heavy atom. The van der Waals surface area contributed by atoms with E-state index in [1.807, 2.05) is 18.2 Å². The fraction of sp³-hybridized carbons (Fsp3) is 0.115. The summed E-state index contributed by atoms with van der Waals surface area (Å²) in [6, 6.07) is 18.2. The number of aliphatic carboxylic acids is 1. The van der Waals surface area contributed by atoms with E-state index in [2.05, 4.69) is 15.9 Å². The van der Waals surface area contributed by atoms with Crippen LogP contribution in [0.3, 0.4) is 0 Å². The smallest absolute Gasteiger partial charge is 0.331 e. The van der Waals surface area contributed by atoms with Crippen LogP contribution in [0.5, 0.6) is 11.5 Å². The second kappa shape index (κ2) is 11.5. The van der Waals surface area contributed by atoms with Crippen molar-refractivity contribution < 1.29 is 24.2 Å². The Morgan fingerprint density at radius 3 is 2.56 bits per heavy atom. The third kappa shape index (κ3) is 5.59. The standard InChI is InChI=1S/C26H19BrClNO5S2/c1-33-20-12-15(11-18(27)23(20)34-14-17-9-5-6-10-19(17)28)13-21-24(30)29(26(35)36-21)22(25(31)32)16-7-3-2-4-8-16/h2-13,22H,14H2,1H3,(H,31,32)/b21-13-. The molecule has 0 aliphatic carbocycles. The predicted molar refractivity (Wildman–Crippen MR) is 148 cm³/mol. The van der Waals surface area contributed by atoms with Gasteiger partial charge in [0, 0.05) is 10.6 Å². The second-order valence-electron chi connectivity index (χ2n) is 7.62. The highest BCUT2D eigenvalue weighted by molar-refractivity contribution is 9.10. The molecule has 1 atom stereocenters. The van der Waals surface area contributed by atoms with Gasteiger partial charge in [-0.1, -0.05) is 84.1 Å². The molecule has 1 unspecified atom stereocenters. The molecule has 1 amide bonds. The molecule has 36 heavy (non-hydrogen) atoms. The van der Waals surface area contributed by atoms with Gasteiger partial charge < -0.3 is 14.6 Å². The van der Waals surface area contributed by atoms with Gasteiger partial charge in [-0.3, -0.25) is 9.69 Å². The van der Waals surface area contributed by atoms with Gasteiger partial charge in [0.15, 0.2) is 17.5 Å². The number of methoxy groups -OCH3 is 1. The lowest BCUT2D eigenvalue weighted by atomic mass is 10.1. The van der Waals surface area contributed by atoms with Crippen LogP contribution in [-0.4, -0.2) is 33.3 Å². The largest absolute Gasteiger partial charge is 0.493 e. The molecule has 0 saturated carbocycles. The van der Waals surface area contributed by atoms with Crippen molar-refractivity contribution in [1.82, 2.24) is 4.90 Å². The van der Waals surface area contributed by atoms with Gasteiger partial charge >= 0.3 is 5.97 Å². The number of thioether (sulfide) groups is 1. The number of hydrogen-bond acceptors (Lipinski definition) is 6. The van der Waals surface area contributed by atoms with E-state index in [9.17, 15) is 14.7 Å². The zero-order chi connectivity index (χ0) is 25.8. The lowest BCUT2D eigenvalue weighted by molar-refractivity contribution is -0.145. The van der Waals surface area contributed by atoms with Crippen molar-refractivity contribution in [3.8, 4) is 11.5 Å². The van der Waals surface area contributed by atoms with Crippen molar-refractivity contribution in [2.45, 2.75) is 12.6 Å². The Kier molecular flexibility index (Phi) is 8.35. The van der Waals surface area contributed by atoms with E-state index in [0.29, 0.717) is 37.0 Å². The summed E-state index contributed by atoms with van der Waals surface area (Å²) in [6.07, 6.45) is 1.65. The van der Waals surface area contributed by atoms with E-state index >= 15 is 0 Å². The summed E-state index contributed by atoms with van der Waals surface area (Å²) in [4.78, 5) is 26.8. The average Bonchev–Trinajstić information content (AvgIpc) is 3.12. The van der Waals surface area contributed by atoms with Crippen LogP contribution < -0.4 is 9.47 Å². The quantitative estimate of drug-likeness (QED) is 0.226. The number of thiocarbonyl (C=S) groups is 1. The fourth-order valence-electron chi connectivity index (χ4n) is 3.62. The second-order valence-corrected chi connectivity index (χ2v) is 10.6. The Hall–Kier alpha value is -2.85. The molecule has 1 fully saturated rings. The number of carboxylic acids is 1. The third-order valence-corrected chi connectivity index (χ3v) is 7.60. The van der Waals surface area contributed by atoms with Crippen molar-refractivity contribution >= 4 is 73.8 Å². The molecule has 1 N–H and O–H groups in total. The maximum atomic E-state index is 13.2. The average molecular weight is 605 g/mol. The minimum Gasteiger partial charge on any atom is -0.493 e. The van der Waals surface area contributed by atoms with Gasteiger partial charge in [-0.2, -0.15) is 0 Å². The number of benzene rings is 3. The molecule has 0 aromatic heterocycles. The van der Waals surface area contributed by atoms with Gasteiger partial charge in [-0.25, -0.2) is 4.79 Å². The molecule has 4 rings (SSSR count). The van der Waals surface area contributed by atoms with Crippen LogP contribution in [0.4, 0.5) is 0 Å². The summed E-state index contributed by atoms with van der Waals surface area (Å²) < 4.78 is 12.3. The molecule has 0 bridgehead atoms. The number of rotatable bonds is 8. The number of carbonyl (C=O) groups excluding carboxylic acids is 1. The van der Waals surface area contributed by atoms with Crippen LogP contribution in [0.1, 0.15) is 22.7 Å². The van der Waals surface area contributed by atoms with Gasteiger partial charge in [0.05, 0.1) is 16.5 Å². The van der Waals surface area contributed by atoms with E-state index in [-0.39, 0.29) is 10.9 Å². The maximum Gasteiger partial charge on any atom is 0.331 e. The number of carboxylic acid groups (broad SMARTS) is 1. The van der Waals surface area contributed by atoms with Crippen LogP contribution in [0.15, 0.2) is 76.1 Å². The minimum absolute atomic E-state index is 0.174. The number of carbonyl (C=O) groups is 2. The lowest BCUT2D eigenvalue weighted by Gasteiger charge is -2.23. The van der Waals surface area contributed by atoms with Gasteiger partial charge in [0.25, 0.3) is 5.91 Å². The minimum atomic E-state index is -1.22. The van der Waals surface area contributed by atoms with E-state index in [1.54, 1.807) is 54.6 Å². The molecular weight excluding hydrogens is 586 g/mol. The first kappa shape index (κ1) is 26.2. The van der Waals surface area contributed by atoms with Crippen LogP contribution >= 0.6 is 51.5 Å². The summed E-state index contributed by atoms with van der Waals surface area (Å²) in [5, 5.41) is 10.5. The molecule has 6 nitrogen and oxygen atoms in total. The molecule has 1 heterocycles. The molecule has 0 spiro atoms. The maximum absolute atomic E-state index is 13.2. The van der Waals surface area contributed by atoms with Crippen LogP contribution in [-0.2, 0) is 16.2 Å². The Morgan fingerprint density at radius 2 is 1.89 bits per heavy atom. The van der Waals surface area contributed by atoms with Gasteiger partial charge in [-0.05, 0) is 51.3 Å². The van der Waals surface area contributed by atoms with Gasteiger partial charge in [0.2, 0.25) is 0 Å². The number of hydrogen-bond donors (Lipinski definition) is 1. The first-order valence-corrected chi connectivity index (χ1v) is 13.0. The Labute approximate surface area is 231 Å². The Bertz CT molecular complexity index is 1370. The SMILES string of the molecule is COc1cc(/C=C2\SC(=S)N(C(C(=O)O)c3ccccc3)C2=O)cc(Br)c1OCc1ccccc1Cl. The highest BCUT2D eigenvalue weighted by Crippen LogP contribution is 2.41. The van der Waals surface area contributed by atoms with Gasteiger partial charge in [-0.15, -0.1) is 0 Å².